The van der Waals surface area contributed by atoms with Gasteiger partial charge in [-0.05, 0) is 90.2 Å². The Balaban J connectivity index is 1.80. The molecule has 29 heavy (non-hydrogen) atoms. The molecule has 0 bridgehead atoms. The van der Waals surface area contributed by atoms with Crippen molar-refractivity contribution in [3.63, 3.8) is 0 Å². The lowest BCUT2D eigenvalue weighted by atomic mass is 9.86. The van der Waals surface area contributed by atoms with Crippen LogP contribution in [0.3, 0.4) is 0 Å². The van der Waals surface area contributed by atoms with Crippen LogP contribution in [0.5, 0.6) is 0 Å². The van der Waals surface area contributed by atoms with E-state index in [1.165, 1.54) is 38.5 Å². The van der Waals surface area contributed by atoms with Gasteiger partial charge in [-0.25, -0.2) is 4.79 Å². The highest BCUT2D eigenvalue weighted by molar-refractivity contribution is 5.83. The number of hydrogen-bond acceptors (Lipinski definition) is 4. The molecule has 2 fully saturated rings. The molecule has 0 aliphatic heterocycles. The van der Waals surface area contributed by atoms with E-state index in [2.05, 4.69) is 19.9 Å². The summed E-state index contributed by atoms with van der Waals surface area (Å²) in [5.74, 6) is 1.51. The lowest BCUT2D eigenvalue weighted by Gasteiger charge is -2.36. The van der Waals surface area contributed by atoms with Gasteiger partial charge >= 0.3 is 5.97 Å². The van der Waals surface area contributed by atoms with Gasteiger partial charge in [0, 0.05) is 18.6 Å². The summed E-state index contributed by atoms with van der Waals surface area (Å²) in [6.07, 6.45) is 19.0. The molecule has 0 saturated heterocycles. The van der Waals surface area contributed by atoms with E-state index in [0.717, 1.165) is 55.6 Å². The number of rotatable bonds is 6. The molecule has 0 radical (unpaired) electrons. The fourth-order valence-corrected chi connectivity index (χ4v) is 4.79. The summed E-state index contributed by atoms with van der Waals surface area (Å²) in [6.45, 7) is 6.66. The summed E-state index contributed by atoms with van der Waals surface area (Å²) in [5, 5.41) is 0. The van der Waals surface area contributed by atoms with Gasteiger partial charge in [0.1, 0.15) is 22.7 Å². The van der Waals surface area contributed by atoms with E-state index >= 15 is 0 Å². The third-order valence-electron chi connectivity index (χ3n) is 6.45. The van der Waals surface area contributed by atoms with Crippen molar-refractivity contribution >= 4 is 5.97 Å². The fourth-order valence-electron chi connectivity index (χ4n) is 4.79. The summed E-state index contributed by atoms with van der Waals surface area (Å²) in [5.41, 5.74) is 0.723. The fraction of sp³-hybridized carbons (Fsp3) is 0.720. The van der Waals surface area contributed by atoms with Crippen LogP contribution in [0.4, 0.5) is 0 Å². The summed E-state index contributed by atoms with van der Waals surface area (Å²) in [6, 6.07) is 0. The highest BCUT2D eigenvalue weighted by Crippen LogP contribution is 2.38. The second kappa shape index (κ2) is 9.86. The van der Waals surface area contributed by atoms with Crippen molar-refractivity contribution < 1.29 is 19.0 Å². The Morgan fingerprint density at radius 3 is 2.07 bits per heavy atom. The van der Waals surface area contributed by atoms with Gasteiger partial charge < -0.3 is 14.2 Å². The molecule has 4 heteroatoms. The molecule has 3 aliphatic carbocycles. The van der Waals surface area contributed by atoms with Crippen LogP contribution in [0.25, 0.3) is 0 Å². The van der Waals surface area contributed by atoms with Gasteiger partial charge in [0.25, 0.3) is 0 Å². The van der Waals surface area contributed by atoms with E-state index in [-0.39, 0.29) is 17.2 Å². The quantitative estimate of drug-likeness (QED) is 0.375. The largest absolute Gasteiger partial charge is 0.492 e. The van der Waals surface area contributed by atoms with Crippen LogP contribution in [-0.4, -0.2) is 23.8 Å². The molecule has 0 atom stereocenters. The van der Waals surface area contributed by atoms with Crippen molar-refractivity contribution in [1.29, 1.82) is 0 Å². The minimum Gasteiger partial charge on any atom is -0.492 e. The van der Waals surface area contributed by atoms with E-state index < -0.39 is 0 Å². The van der Waals surface area contributed by atoms with Crippen molar-refractivity contribution in [2.45, 2.75) is 109 Å². The van der Waals surface area contributed by atoms with Crippen LogP contribution in [0, 0.1) is 0 Å². The average molecular weight is 403 g/mol. The first-order valence-corrected chi connectivity index (χ1v) is 11.6. The van der Waals surface area contributed by atoms with Gasteiger partial charge in [0.2, 0.25) is 0 Å². The highest BCUT2D eigenvalue weighted by atomic mass is 16.5. The van der Waals surface area contributed by atoms with Gasteiger partial charge in [0.05, 0.1) is 6.61 Å². The molecule has 0 unspecified atom stereocenters. The Bertz CT molecular complexity index is 658. The Labute approximate surface area is 176 Å². The number of ether oxygens (including phenoxy) is 3. The van der Waals surface area contributed by atoms with E-state index in [4.69, 9.17) is 14.2 Å². The molecule has 0 N–H and O–H groups in total. The second-order valence-electron chi connectivity index (χ2n) is 9.35. The van der Waals surface area contributed by atoms with Gasteiger partial charge in [0.15, 0.2) is 0 Å². The van der Waals surface area contributed by atoms with Crippen LogP contribution in [0.2, 0.25) is 0 Å². The second-order valence-corrected chi connectivity index (χ2v) is 9.35. The van der Waals surface area contributed by atoms with Gasteiger partial charge in [-0.15, -0.1) is 0 Å². The van der Waals surface area contributed by atoms with E-state index in [1.807, 2.05) is 13.0 Å². The van der Waals surface area contributed by atoms with Crippen molar-refractivity contribution in [2.75, 3.05) is 6.61 Å². The minimum atomic E-state index is -0.286. The van der Waals surface area contributed by atoms with E-state index in [1.54, 1.807) is 6.08 Å². The summed E-state index contributed by atoms with van der Waals surface area (Å²) < 4.78 is 18.2. The van der Waals surface area contributed by atoms with Crippen molar-refractivity contribution in [1.82, 2.24) is 0 Å². The van der Waals surface area contributed by atoms with Crippen molar-refractivity contribution in [2.24, 2.45) is 0 Å². The van der Waals surface area contributed by atoms with Crippen LogP contribution in [0.15, 0.2) is 35.3 Å². The predicted molar refractivity (Wildman–Crippen MR) is 115 cm³/mol. The third-order valence-corrected chi connectivity index (χ3v) is 6.45. The Hall–Kier alpha value is -1.71. The van der Waals surface area contributed by atoms with E-state index in [9.17, 15) is 4.79 Å². The number of esters is 1. The topological polar surface area (TPSA) is 44.8 Å². The maximum absolute atomic E-state index is 12.0. The van der Waals surface area contributed by atoms with Crippen LogP contribution in [0.1, 0.15) is 97.8 Å². The lowest BCUT2D eigenvalue weighted by Crippen LogP contribution is -2.32. The van der Waals surface area contributed by atoms with Gasteiger partial charge in [-0.2, -0.15) is 0 Å². The Morgan fingerprint density at radius 2 is 1.48 bits per heavy atom. The zero-order valence-corrected chi connectivity index (χ0v) is 18.6. The SMILES string of the molecule is CCOC(=O)/C=C1/C=C(OC2(C)CCCCC2)C=C(OC2(C)CCCCC2)CC1. The minimum absolute atomic E-state index is 0.0840. The first kappa shape index (κ1) is 22.0. The molecule has 162 valence electrons. The number of carbonyl (C=O) groups excluding carboxylic acids is 1. The molecule has 3 rings (SSSR count). The molecular formula is C25H38O4. The molecule has 4 nitrogen and oxygen atoms in total. The first-order chi connectivity index (χ1) is 13.9. The number of hydrogen-bond donors (Lipinski definition) is 0. The summed E-state index contributed by atoms with van der Waals surface area (Å²) in [4.78, 5) is 12.0. The Morgan fingerprint density at radius 1 is 0.897 bits per heavy atom. The average Bonchev–Trinajstić information content (AvgIpc) is 2.83. The molecule has 2 saturated carbocycles. The summed E-state index contributed by atoms with van der Waals surface area (Å²) in [7, 11) is 0. The molecule has 0 amide bonds. The third kappa shape index (κ3) is 6.65. The molecule has 0 spiro atoms. The zero-order valence-electron chi connectivity index (χ0n) is 18.6. The zero-order chi connectivity index (χ0) is 20.7. The van der Waals surface area contributed by atoms with Crippen LogP contribution in [-0.2, 0) is 19.0 Å². The number of carbonyl (C=O) groups is 1. The van der Waals surface area contributed by atoms with Crippen LogP contribution < -0.4 is 0 Å². The highest BCUT2D eigenvalue weighted by Gasteiger charge is 2.32. The van der Waals surface area contributed by atoms with Gasteiger partial charge in [-0.3, -0.25) is 0 Å². The first-order valence-electron chi connectivity index (χ1n) is 11.6. The molecule has 0 aromatic heterocycles. The molecule has 0 aromatic carbocycles. The standard InChI is InChI=1S/C25H38O4/c1-4-27-23(26)18-20-11-12-21(28-24(2)13-7-5-8-14-24)19-22(17-20)29-25(3)15-9-6-10-16-25/h17-19H,4-16H2,1-3H3/b20-18+. The molecular weight excluding hydrogens is 364 g/mol. The normalized spacial score (nSPS) is 25.4. The smallest absolute Gasteiger partial charge is 0.331 e. The van der Waals surface area contributed by atoms with Gasteiger partial charge in [-0.1, -0.05) is 12.8 Å². The maximum Gasteiger partial charge on any atom is 0.331 e. The Kier molecular flexibility index (Phi) is 7.48. The van der Waals surface area contributed by atoms with Crippen molar-refractivity contribution in [3.8, 4) is 0 Å². The summed E-state index contributed by atoms with van der Waals surface area (Å²) >= 11 is 0. The molecule has 0 heterocycles. The predicted octanol–water partition coefficient (Wildman–Crippen LogP) is 6.52. The monoisotopic (exact) mass is 402 g/mol. The number of allylic oxidation sites excluding steroid dienone is 4. The maximum atomic E-state index is 12.0. The van der Waals surface area contributed by atoms with Crippen LogP contribution >= 0.6 is 0 Å². The lowest BCUT2D eigenvalue weighted by molar-refractivity contribution is -0.137. The molecule has 3 aliphatic rings. The van der Waals surface area contributed by atoms with E-state index in [0.29, 0.717) is 6.61 Å². The van der Waals surface area contributed by atoms with Crippen molar-refractivity contribution in [3.05, 3.63) is 35.3 Å². The molecule has 0 aromatic rings.